The van der Waals surface area contributed by atoms with E-state index in [0.29, 0.717) is 26.0 Å². The van der Waals surface area contributed by atoms with Crippen molar-refractivity contribution >= 4 is 12.4 Å². The van der Waals surface area contributed by atoms with Gasteiger partial charge in [-0.15, -0.1) is 0 Å². The van der Waals surface area contributed by atoms with Crippen molar-refractivity contribution in [1.82, 2.24) is 4.90 Å². The number of hydrogen-bond donors (Lipinski definition) is 0. The number of nitrogens with zero attached hydrogens (tertiary/aromatic N) is 1. The number of piperidine rings is 1. The molecule has 0 spiro atoms. The maximum atomic E-state index is 12.4. The molecule has 0 aliphatic carbocycles. The number of ether oxygens (including phenoxy) is 2. The predicted octanol–water partition coefficient (Wildman–Crippen LogP) is 2.64. The SMILES string of the molecule is COCC1(C)CC(C=O)CCN1C(=O)OCc1ccccc1. The van der Waals surface area contributed by atoms with E-state index in [1.165, 1.54) is 0 Å². The standard InChI is InChI=1S/C17H23NO4/c1-17(13-21-2)10-15(11-19)8-9-18(17)16(20)22-12-14-6-4-3-5-7-14/h3-7,11,15H,8-10,12-13H2,1-2H3. The molecule has 5 nitrogen and oxygen atoms in total. The second-order valence-corrected chi connectivity index (χ2v) is 6.01. The van der Waals surface area contributed by atoms with Crippen LogP contribution in [0.2, 0.25) is 0 Å². The average molecular weight is 305 g/mol. The Morgan fingerprint density at radius 2 is 2.14 bits per heavy atom. The van der Waals surface area contributed by atoms with Gasteiger partial charge in [-0.1, -0.05) is 30.3 Å². The number of likely N-dealkylation sites (tertiary alicyclic amines) is 1. The Labute approximate surface area is 131 Å². The molecule has 1 saturated heterocycles. The molecule has 0 aromatic heterocycles. The molecule has 1 aromatic carbocycles. The van der Waals surface area contributed by atoms with Crippen molar-refractivity contribution in [2.45, 2.75) is 31.9 Å². The first-order chi connectivity index (χ1) is 10.6. The zero-order valence-corrected chi connectivity index (χ0v) is 13.2. The smallest absolute Gasteiger partial charge is 0.410 e. The molecule has 2 rings (SSSR count). The second-order valence-electron chi connectivity index (χ2n) is 6.01. The molecule has 1 heterocycles. The molecule has 5 heteroatoms. The highest BCUT2D eigenvalue weighted by Gasteiger charge is 2.42. The van der Waals surface area contributed by atoms with Gasteiger partial charge in [-0.25, -0.2) is 4.79 Å². The molecule has 2 atom stereocenters. The van der Waals surface area contributed by atoms with Gasteiger partial charge in [0.2, 0.25) is 0 Å². The van der Waals surface area contributed by atoms with Gasteiger partial charge >= 0.3 is 6.09 Å². The van der Waals surface area contributed by atoms with Crippen molar-refractivity contribution in [3.8, 4) is 0 Å². The molecule has 0 radical (unpaired) electrons. The zero-order valence-electron chi connectivity index (χ0n) is 13.2. The summed E-state index contributed by atoms with van der Waals surface area (Å²) in [5, 5.41) is 0. The summed E-state index contributed by atoms with van der Waals surface area (Å²) < 4.78 is 10.7. The molecular weight excluding hydrogens is 282 g/mol. The van der Waals surface area contributed by atoms with Crippen LogP contribution in [0.5, 0.6) is 0 Å². The molecule has 22 heavy (non-hydrogen) atoms. The van der Waals surface area contributed by atoms with E-state index < -0.39 is 5.54 Å². The number of hydrogen-bond acceptors (Lipinski definition) is 4. The fourth-order valence-corrected chi connectivity index (χ4v) is 3.01. The maximum Gasteiger partial charge on any atom is 0.410 e. The van der Waals surface area contributed by atoms with Crippen molar-refractivity contribution in [3.63, 3.8) is 0 Å². The van der Waals surface area contributed by atoms with E-state index in [2.05, 4.69) is 0 Å². The molecule has 0 saturated carbocycles. The third kappa shape index (κ3) is 3.85. The quantitative estimate of drug-likeness (QED) is 0.785. The van der Waals surface area contributed by atoms with E-state index in [0.717, 1.165) is 11.8 Å². The van der Waals surface area contributed by atoms with Crippen molar-refractivity contribution in [3.05, 3.63) is 35.9 Å². The van der Waals surface area contributed by atoms with Gasteiger partial charge in [-0.3, -0.25) is 0 Å². The minimum atomic E-state index is -0.508. The fourth-order valence-electron chi connectivity index (χ4n) is 3.01. The minimum Gasteiger partial charge on any atom is -0.445 e. The Balaban J connectivity index is 2.01. The average Bonchev–Trinajstić information content (AvgIpc) is 2.53. The van der Waals surface area contributed by atoms with E-state index in [1.807, 2.05) is 37.3 Å². The Kier molecular flexibility index (Phi) is 5.55. The lowest BCUT2D eigenvalue weighted by Gasteiger charge is -2.45. The van der Waals surface area contributed by atoms with Crippen LogP contribution in [-0.4, -0.2) is 43.1 Å². The molecule has 1 fully saturated rings. The van der Waals surface area contributed by atoms with Crippen LogP contribution < -0.4 is 0 Å². The van der Waals surface area contributed by atoms with Crippen LogP contribution in [0, 0.1) is 5.92 Å². The van der Waals surface area contributed by atoms with Gasteiger partial charge in [0.15, 0.2) is 0 Å². The summed E-state index contributed by atoms with van der Waals surface area (Å²) in [5.74, 6) is -0.0293. The van der Waals surface area contributed by atoms with Crippen LogP contribution in [0.3, 0.4) is 0 Å². The highest BCUT2D eigenvalue weighted by molar-refractivity contribution is 5.69. The molecule has 1 amide bonds. The van der Waals surface area contributed by atoms with Crippen LogP contribution in [0.1, 0.15) is 25.3 Å². The predicted molar refractivity (Wildman–Crippen MR) is 82.4 cm³/mol. The maximum absolute atomic E-state index is 12.4. The Morgan fingerprint density at radius 3 is 2.77 bits per heavy atom. The summed E-state index contributed by atoms with van der Waals surface area (Å²) in [4.78, 5) is 25.2. The summed E-state index contributed by atoms with van der Waals surface area (Å²) in [7, 11) is 1.60. The van der Waals surface area contributed by atoms with Crippen molar-refractivity contribution in [2.24, 2.45) is 5.92 Å². The number of rotatable bonds is 5. The van der Waals surface area contributed by atoms with Crippen LogP contribution >= 0.6 is 0 Å². The van der Waals surface area contributed by atoms with Crippen LogP contribution in [0.4, 0.5) is 4.79 Å². The first-order valence-electron chi connectivity index (χ1n) is 7.51. The van der Waals surface area contributed by atoms with Crippen LogP contribution in [0.25, 0.3) is 0 Å². The first kappa shape index (κ1) is 16.5. The molecule has 1 aliphatic rings. The molecule has 0 bridgehead atoms. The fraction of sp³-hybridized carbons (Fsp3) is 0.529. The highest BCUT2D eigenvalue weighted by Crippen LogP contribution is 2.32. The van der Waals surface area contributed by atoms with E-state index in [9.17, 15) is 9.59 Å². The minimum absolute atomic E-state index is 0.0293. The summed E-state index contributed by atoms with van der Waals surface area (Å²) in [5.41, 5.74) is 0.443. The summed E-state index contributed by atoms with van der Waals surface area (Å²) in [6, 6.07) is 9.58. The third-order valence-corrected chi connectivity index (χ3v) is 4.15. The van der Waals surface area contributed by atoms with Crippen LogP contribution in [0.15, 0.2) is 30.3 Å². The molecule has 1 aromatic rings. The third-order valence-electron chi connectivity index (χ3n) is 4.15. The number of carbonyl (C=O) groups is 2. The molecule has 2 unspecified atom stereocenters. The number of amides is 1. The molecular formula is C17H23NO4. The highest BCUT2D eigenvalue weighted by atomic mass is 16.6. The van der Waals surface area contributed by atoms with Crippen molar-refractivity contribution in [2.75, 3.05) is 20.3 Å². The summed E-state index contributed by atoms with van der Waals surface area (Å²) >= 11 is 0. The number of aldehydes is 1. The largest absolute Gasteiger partial charge is 0.445 e. The Morgan fingerprint density at radius 1 is 1.41 bits per heavy atom. The van der Waals surface area contributed by atoms with Crippen molar-refractivity contribution < 1.29 is 19.1 Å². The van der Waals surface area contributed by atoms with Gasteiger partial charge in [0, 0.05) is 19.6 Å². The Bertz CT molecular complexity index is 505. The van der Waals surface area contributed by atoms with Gasteiger partial charge in [0.25, 0.3) is 0 Å². The Hall–Kier alpha value is -1.88. The molecule has 1 aliphatic heterocycles. The number of methoxy groups -OCH3 is 1. The zero-order chi connectivity index (χ0) is 16.0. The van der Waals surface area contributed by atoms with Crippen LogP contribution in [-0.2, 0) is 20.9 Å². The summed E-state index contributed by atoms with van der Waals surface area (Å²) in [6.45, 7) is 3.08. The monoisotopic (exact) mass is 305 g/mol. The van der Waals surface area contributed by atoms with E-state index in [1.54, 1.807) is 12.0 Å². The first-order valence-corrected chi connectivity index (χ1v) is 7.51. The van der Waals surface area contributed by atoms with Gasteiger partial charge in [-0.2, -0.15) is 0 Å². The topological polar surface area (TPSA) is 55.8 Å². The van der Waals surface area contributed by atoms with E-state index >= 15 is 0 Å². The van der Waals surface area contributed by atoms with Crippen molar-refractivity contribution in [1.29, 1.82) is 0 Å². The lowest BCUT2D eigenvalue weighted by Crippen LogP contribution is -2.57. The number of benzene rings is 1. The van der Waals surface area contributed by atoms with Gasteiger partial charge in [0.05, 0.1) is 12.1 Å². The molecule has 0 N–H and O–H groups in total. The van der Waals surface area contributed by atoms with Gasteiger partial charge in [0.1, 0.15) is 12.9 Å². The lowest BCUT2D eigenvalue weighted by molar-refractivity contribution is -0.115. The van der Waals surface area contributed by atoms with E-state index in [4.69, 9.17) is 9.47 Å². The number of carbonyl (C=O) groups excluding carboxylic acids is 2. The molecule has 120 valence electrons. The van der Waals surface area contributed by atoms with Gasteiger partial charge < -0.3 is 19.2 Å². The summed E-state index contributed by atoms with van der Waals surface area (Å²) in [6.07, 6.45) is 1.89. The van der Waals surface area contributed by atoms with E-state index in [-0.39, 0.29) is 18.6 Å². The normalized spacial score (nSPS) is 24.8. The van der Waals surface area contributed by atoms with Gasteiger partial charge in [-0.05, 0) is 25.3 Å². The lowest BCUT2D eigenvalue weighted by atomic mass is 9.83. The second kappa shape index (κ2) is 7.40.